The normalized spacial score (nSPS) is 18.1. The van der Waals surface area contributed by atoms with Gasteiger partial charge in [0, 0.05) is 19.1 Å². The molecule has 1 amide bonds. The first-order chi connectivity index (χ1) is 13.2. The molecule has 0 saturated carbocycles. The van der Waals surface area contributed by atoms with Gasteiger partial charge in [-0.1, -0.05) is 20.3 Å². The zero-order valence-corrected chi connectivity index (χ0v) is 17.6. The minimum Gasteiger partial charge on any atom is -0.452 e. The van der Waals surface area contributed by atoms with Gasteiger partial charge in [-0.2, -0.15) is 4.31 Å². The SMILES string of the molecule is CC(C)CCNC(=O)COC(=O)c1ccc(S(=O)(=O)N2CCCC[C@@H]2C)cc1. The van der Waals surface area contributed by atoms with E-state index in [0.717, 1.165) is 25.7 Å². The third-order valence-corrected chi connectivity index (χ3v) is 6.84. The maximum Gasteiger partial charge on any atom is 0.338 e. The summed E-state index contributed by atoms with van der Waals surface area (Å²) >= 11 is 0. The van der Waals surface area contributed by atoms with Crippen LogP contribution in [0.25, 0.3) is 0 Å². The summed E-state index contributed by atoms with van der Waals surface area (Å²) < 4.78 is 32.1. The molecular formula is C20H30N2O5S. The van der Waals surface area contributed by atoms with Gasteiger partial charge in [0.25, 0.3) is 5.91 Å². The number of amides is 1. The minimum atomic E-state index is -3.58. The van der Waals surface area contributed by atoms with Gasteiger partial charge < -0.3 is 10.1 Å². The van der Waals surface area contributed by atoms with Gasteiger partial charge >= 0.3 is 5.97 Å². The van der Waals surface area contributed by atoms with E-state index in [1.165, 1.54) is 28.6 Å². The molecule has 1 N–H and O–H groups in total. The predicted molar refractivity (Wildman–Crippen MR) is 106 cm³/mol. The van der Waals surface area contributed by atoms with Crippen molar-refractivity contribution in [3.8, 4) is 0 Å². The molecule has 1 fully saturated rings. The summed E-state index contributed by atoms with van der Waals surface area (Å²) in [5.74, 6) is -0.535. The largest absolute Gasteiger partial charge is 0.452 e. The molecule has 1 heterocycles. The lowest BCUT2D eigenvalue weighted by Crippen LogP contribution is -2.41. The van der Waals surface area contributed by atoms with Crippen molar-refractivity contribution < 1.29 is 22.7 Å². The van der Waals surface area contributed by atoms with E-state index in [9.17, 15) is 18.0 Å². The molecular weight excluding hydrogens is 380 g/mol. The van der Waals surface area contributed by atoms with Crippen molar-refractivity contribution in [3.05, 3.63) is 29.8 Å². The van der Waals surface area contributed by atoms with E-state index >= 15 is 0 Å². The van der Waals surface area contributed by atoms with Crippen LogP contribution in [0.15, 0.2) is 29.2 Å². The minimum absolute atomic E-state index is 0.0300. The first-order valence-corrected chi connectivity index (χ1v) is 11.2. The first kappa shape index (κ1) is 22.4. The quantitative estimate of drug-likeness (QED) is 0.665. The number of nitrogens with one attached hydrogen (secondary N) is 1. The standard InChI is InChI=1S/C20H30N2O5S/c1-15(2)11-12-21-19(23)14-27-20(24)17-7-9-18(10-8-17)28(25,26)22-13-5-4-6-16(22)3/h7-10,15-16H,4-6,11-14H2,1-3H3,(H,21,23)/t16-/m0/s1. The molecule has 0 radical (unpaired) electrons. The molecule has 1 aromatic carbocycles. The van der Waals surface area contributed by atoms with Gasteiger partial charge in [0.2, 0.25) is 10.0 Å². The van der Waals surface area contributed by atoms with Crippen molar-refractivity contribution in [1.29, 1.82) is 0 Å². The number of benzene rings is 1. The van der Waals surface area contributed by atoms with Crippen molar-refractivity contribution >= 4 is 21.9 Å². The zero-order valence-electron chi connectivity index (χ0n) is 16.8. The summed E-state index contributed by atoms with van der Waals surface area (Å²) in [5.41, 5.74) is 0.209. The zero-order chi connectivity index (χ0) is 20.7. The Morgan fingerprint density at radius 1 is 1.21 bits per heavy atom. The Balaban J connectivity index is 1.92. The van der Waals surface area contributed by atoms with Crippen LogP contribution in [0.5, 0.6) is 0 Å². The molecule has 0 unspecified atom stereocenters. The summed E-state index contributed by atoms with van der Waals surface area (Å²) in [7, 11) is -3.58. The van der Waals surface area contributed by atoms with E-state index in [1.807, 2.05) is 6.92 Å². The Morgan fingerprint density at radius 3 is 2.50 bits per heavy atom. The van der Waals surface area contributed by atoms with Crippen LogP contribution < -0.4 is 5.32 Å². The number of nitrogens with zero attached hydrogens (tertiary/aromatic N) is 1. The average Bonchev–Trinajstić information content (AvgIpc) is 2.66. The number of hydrogen-bond acceptors (Lipinski definition) is 5. The number of rotatable bonds is 8. The number of ether oxygens (including phenoxy) is 1. The number of sulfonamides is 1. The first-order valence-electron chi connectivity index (χ1n) is 9.77. The van der Waals surface area contributed by atoms with Gasteiger partial charge in [-0.15, -0.1) is 0 Å². The van der Waals surface area contributed by atoms with E-state index in [-0.39, 0.29) is 29.0 Å². The fourth-order valence-electron chi connectivity index (χ4n) is 3.09. The van der Waals surface area contributed by atoms with Crippen LogP contribution in [0.4, 0.5) is 0 Å². The van der Waals surface area contributed by atoms with Crippen LogP contribution in [0, 0.1) is 5.92 Å². The second-order valence-electron chi connectivity index (χ2n) is 7.59. The van der Waals surface area contributed by atoms with Gasteiger partial charge in [-0.3, -0.25) is 4.79 Å². The van der Waals surface area contributed by atoms with Crippen molar-refractivity contribution in [2.75, 3.05) is 19.7 Å². The van der Waals surface area contributed by atoms with Crippen LogP contribution in [-0.2, 0) is 19.6 Å². The number of hydrogen-bond donors (Lipinski definition) is 1. The van der Waals surface area contributed by atoms with E-state index in [4.69, 9.17) is 4.74 Å². The van der Waals surface area contributed by atoms with Crippen molar-refractivity contribution in [1.82, 2.24) is 9.62 Å². The van der Waals surface area contributed by atoms with Crippen molar-refractivity contribution in [3.63, 3.8) is 0 Å². The molecule has 28 heavy (non-hydrogen) atoms. The summed E-state index contributed by atoms with van der Waals surface area (Å²) in [6, 6.07) is 5.63. The Morgan fingerprint density at radius 2 is 1.89 bits per heavy atom. The molecule has 8 heteroatoms. The highest BCUT2D eigenvalue weighted by molar-refractivity contribution is 7.89. The lowest BCUT2D eigenvalue weighted by atomic mass is 10.1. The van der Waals surface area contributed by atoms with Gasteiger partial charge in [-0.25, -0.2) is 13.2 Å². The van der Waals surface area contributed by atoms with Crippen LogP contribution in [0.2, 0.25) is 0 Å². The van der Waals surface area contributed by atoms with Crippen LogP contribution in [0.1, 0.15) is 56.8 Å². The number of piperidine rings is 1. The second-order valence-corrected chi connectivity index (χ2v) is 9.48. The van der Waals surface area contributed by atoms with Gasteiger partial charge in [-0.05, 0) is 56.4 Å². The summed E-state index contributed by atoms with van der Waals surface area (Å²) in [6.07, 6.45) is 3.59. The molecule has 2 rings (SSSR count). The Bertz CT molecular complexity index is 774. The summed E-state index contributed by atoms with van der Waals surface area (Å²) in [5, 5.41) is 2.69. The second kappa shape index (κ2) is 10.0. The lowest BCUT2D eigenvalue weighted by Gasteiger charge is -2.32. The molecule has 0 aliphatic carbocycles. The highest BCUT2D eigenvalue weighted by atomic mass is 32.2. The smallest absolute Gasteiger partial charge is 0.338 e. The maximum atomic E-state index is 12.8. The van der Waals surface area contributed by atoms with Crippen molar-refractivity contribution in [2.24, 2.45) is 5.92 Å². The molecule has 0 aromatic heterocycles. The molecule has 156 valence electrons. The lowest BCUT2D eigenvalue weighted by molar-refractivity contribution is -0.124. The Hall–Kier alpha value is -1.93. The Kier molecular flexibility index (Phi) is 8.00. The molecule has 1 aliphatic rings. The molecule has 1 atom stereocenters. The maximum absolute atomic E-state index is 12.8. The van der Waals surface area contributed by atoms with Crippen LogP contribution >= 0.6 is 0 Å². The third kappa shape index (κ3) is 6.04. The van der Waals surface area contributed by atoms with Gasteiger partial charge in [0.15, 0.2) is 6.61 Å². The average molecular weight is 411 g/mol. The number of esters is 1. The Labute approximate surface area is 167 Å². The highest BCUT2D eigenvalue weighted by Gasteiger charge is 2.30. The summed E-state index contributed by atoms with van der Waals surface area (Å²) in [6.45, 7) is 6.72. The van der Waals surface area contributed by atoms with Gasteiger partial charge in [0.1, 0.15) is 0 Å². The van der Waals surface area contributed by atoms with Crippen LogP contribution in [-0.4, -0.2) is 50.3 Å². The molecule has 1 aliphatic heterocycles. The van der Waals surface area contributed by atoms with Crippen molar-refractivity contribution in [2.45, 2.75) is 57.4 Å². The van der Waals surface area contributed by atoms with E-state index in [2.05, 4.69) is 19.2 Å². The topological polar surface area (TPSA) is 92.8 Å². The van der Waals surface area contributed by atoms with Crippen LogP contribution in [0.3, 0.4) is 0 Å². The molecule has 0 bridgehead atoms. The molecule has 7 nitrogen and oxygen atoms in total. The third-order valence-electron chi connectivity index (χ3n) is 4.82. The fraction of sp³-hybridized carbons (Fsp3) is 0.600. The summed E-state index contributed by atoms with van der Waals surface area (Å²) in [4.78, 5) is 23.9. The van der Waals surface area contributed by atoms with Gasteiger partial charge in [0.05, 0.1) is 10.5 Å². The predicted octanol–water partition coefficient (Wildman–Crippen LogP) is 2.57. The number of carbonyl (C=O) groups excluding carboxylic acids is 2. The molecule has 1 aromatic rings. The van der Waals surface area contributed by atoms with E-state index in [1.54, 1.807) is 0 Å². The highest BCUT2D eigenvalue weighted by Crippen LogP contribution is 2.25. The molecule has 0 spiro atoms. The van der Waals surface area contributed by atoms with E-state index in [0.29, 0.717) is 19.0 Å². The monoisotopic (exact) mass is 410 g/mol. The molecule has 1 saturated heterocycles. The fourth-order valence-corrected chi connectivity index (χ4v) is 4.79. The number of carbonyl (C=O) groups is 2. The van der Waals surface area contributed by atoms with E-state index < -0.39 is 16.0 Å².